The maximum atomic E-state index is 13.1. The van der Waals surface area contributed by atoms with Gasteiger partial charge in [-0.25, -0.2) is 4.98 Å². The van der Waals surface area contributed by atoms with Gasteiger partial charge in [-0.2, -0.15) is 0 Å². The molecule has 4 N–H and O–H groups in total. The molecule has 2 atom stereocenters. The number of fused-ring (bicyclic) bond motifs is 1. The molecule has 38 heavy (non-hydrogen) atoms. The second-order valence-corrected chi connectivity index (χ2v) is 8.97. The monoisotopic (exact) mass is 515 g/mol. The van der Waals surface area contributed by atoms with Crippen LogP contribution in [0.1, 0.15) is 44.9 Å². The highest BCUT2D eigenvalue weighted by Gasteiger charge is 2.28. The van der Waals surface area contributed by atoms with Gasteiger partial charge in [-0.15, -0.1) is 0 Å². The molecule has 1 aromatic heterocycles. The molecule has 0 saturated carbocycles. The van der Waals surface area contributed by atoms with Crippen molar-refractivity contribution in [3.63, 3.8) is 0 Å². The Balaban J connectivity index is 1.70. The number of aliphatic imine (C=N–C) groups is 1. The zero-order chi connectivity index (χ0) is 27.7. The van der Waals surface area contributed by atoms with Crippen LogP contribution in [-0.2, 0) is 14.4 Å². The molecule has 1 aromatic carbocycles. The van der Waals surface area contributed by atoms with Crippen LogP contribution < -0.4 is 10.6 Å². The van der Waals surface area contributed by atoms with Crippen LogP contribution in [0.2, 0.25) is 0 Å². The fourth-order valence-electron chi connectivity index (χ4n) is 3.95. The average molecular weight is 516 g/mol. The average Bonchev–Trinajstić information content (AvgIpc) is 3.35. The van der Waals surface area contributed by atoms with Crippen LogP contribution in [-0.4, -0.2) is 58.4 Å². The molecule has 0 saturated heterocycles. The second-order valence-electron chi connectivity index (χ2n) is 8.97. The third-order valence-electron chi connectivity index (χ3n) is 6.15. The highest BCUT2D eigenvalue weighted by Crippen LogP contribution is 2.26. The molecule has 2 unspecified atom stereocenters. The van der Waals surface area contributed by atoms with E-state index < -0.39 is 17.7 Å². The van der Waals surface area contributed by atoms with Crippen molar-refractivity contribution in [2.24, 2.45) is 10.9 Å². The number of Topliss-reactive ketones (excluding diaryl/α,β-unsaturated/α-hetero) is 1. The summed E-state index contributed by atoms with van der Waals surface area (Å²) in [6.45, 7) is 3.55. The Bertz CT molecular complexity index is 1300. The summed E-state index contributed by atoms with van der Waals surface area (Å²) in [5, 5.41) is 20.6. The predicted octanol–water partition coefficient (Wildman–Crippen LogP) is 3.37. The highest BCUT2D eigenvalue weighted by molar-refractivity contribution is 6.46. The van der Waals surface area contributed by atoms with E-state index >= 15 is 0 Å². The molecular weight excluding hydrogens is 482 g/mol. The molecule has 2 heterocycles. The molecule has 0 spiro atoms. The summed E-state index contributed by atoms with van der Waals surface area (Å²) in [4.78, 5) is 46.5. The fourth-order valence-corrected chi connectivity index (χ4v) is 3.95. The number of rotatable bonds is 11. The highest BCUT2D eigenvalue weighted by atomic mass is 16.2. The van der Waals surface area contributed by atoms with E-state index in [1.807, 2.05) is 53.4 Å². The quantitative estimate of drug-likeness (QED) is 0.339. The lowest BCUT2D eigenvalue weighted by atomic mass is 10.0. The maximum Gasteiger partial charge on any atom is 0.270 e. The third kappa shape index (κ3) is 7.06. The van der Waals surface area contributed by atoms with E-state index in [0.29, 0.717) is 18.5 Å². The number of allylic oxidation sites excluding steroid dienone is 2. The molecule has 1 aliphatic rings. The van der Waals surface area contributed by atoms with Crippen LogP contribution in [0.3, 0.4) is 0 Å². The van der Waals surface area contributed by atoms with E-state index in [2.05, 4.69) is 22.5 Å². The van der Waals surface area contributed by atoms with E-state index in [9.17, 15) is 14.4 Å². The number of carbonyl (C=O) groups excluding carboxylic acids is 3. The molecule has 0 fully saturated rings. The van der Waals surface area contributed by atoms with Crippen LogP contribution in [0.25, 0.3) is 17.5 Å². The Labute approximate surface area is 222 Å². The van der Waals surface area contributed by atoms with Crippen LogP contribution in [0, 0.1) is 16.7 Å². The Morgan fingerprint density at radius 2 is 2.00 bits per heavy atom. The minimum Gasteiger partial charge on any atom is -0.348 e. The van der Waals surface area contributed by atoms with Gasteiger partial charge < -0.3 is 26.0 Å². The summed E-state index contributed by atoms with van der Waals surface area (Å²) in [7, 11) is 1.37. The van der Waals surface area contributed by atoms with E-state index in [4.69, 9.17) is 15.8 Å². The lowest BCUT2D eigenvalue weighted by Crippen LogP contribution is -2.44. The third-order valence-corrected chi connectivity index (χ3v) is 6.15. The molecule has 198 valence electrons. The zero-order valence-electron chi connectivity index (χ0n) is 21.8. The summed E-state index contributed by atoms with van der Waals surface area (Å²) in [5.41, 5.74) is 2.53. The Kier molecular flexibility index (Phi) is 9.75. The van der Waals surface area contributed by atoms with E-state index in [1.54, 1.807) is 13.0 Å². The predicted molar refractivity (Wildman–Crippen MR) is 149 cm³/mol. The molecule has 0 radical (unpaired) electrons. The SMILES string of the molecule is CCC(=N)CC(=O)CNC(=O)C(C=N)C(=NC)C(=O)NC1=CCC(C)c2nc(-c3ccccc3)cn2C=C1. The van der Waals surface area contributed by atoms with Crippen LogP contribution in [0.4, 0.5) is 0 Å². The van der Waals surface area contributed by atoms with Crippen molar-refractivity contribution in [3.05, 3.63) is 60.2 Å². The summed E-state index contributed by atoms with van der Waals surface area (Å²) in [5.74, 6) is -1.89. The van der Waals surface area contributed by atoms with Crippen molar-refractivity contribution < 1.29 is 14.4 Å². The van der Waals surface area contributed by atoms with Crippen molar-refractivity contribution in [2.45, 2.75) is 39.0 Å². The molecule has 3 rings (SSSR count). The molecule has 2 amide bonds. The van der Waals surface area contributed by atoms with Crippen LogP contribution in [0.15, 0.2) is 59.4 Å². The van der Waals surface area contributed by atoms with E-state index in [1.165, 1.54) is 7.05 Å². The summed E-state index contributed by atoms with van der Waals surface area (Å²) in [6, 6.07) is 9.89. The number of carbonyl (C=O) groups is 3. The minimum atomic E-state index is -1.26. The number of nitrogens with one attached hydrogen (secondary N) is 4. The fraction of sp³-hybridized carbons (Fsp3) is 0.321. The smallest absolute Gasteiger partial charge is 0.270 e. The Morgan fingerprint density at radius 1 is 1.26 bits per heavy atom. The molecular formula is C28H33N7O3. The topological polar surface area (TPSA) is 153 Å². The van der Waals surface area contributed by atoms with Crippen LogP contribution >= 0.6 is 0 Å². The van der Waals surface area contributed by atoms with E-state index in [-0.39, 0.29) is 36.1 Å². The standard InChI is InChI=1S/C28H33N7O3/c1-4-20(30)14-22(36)16-32-27(37)23(15-29)25(31-3)28(38)33-21-11-10-18(2)26-34-24(17-35(26)13-12-21)19-8-6-5-7-9-19/h5-9,11-13,15,17-18,23,29-30H,4,10,14,16H2,1-3H3,(H,32,37)(H,33,38). The molecule has 10 heteroatoms. The van der Waals surface area contributed by atoms with Gasteiger partial charge in [0.2, 0.25) is 5.91 Å². The Morgan fingerprint density at radius 3 is 2.66 bits per heavy atom. The van der Waals surface area contributed by atoms with Crippen molar-refractivity contribution in [1.29, 1.82) is 10.8 Å². The van der Waals surface area contributed by atoms with Gasteiger partial charge in [-0.1, -0.05) is 50.3 Å². The van der Waals surface area contributed by atoms with Crippen molar-refractivity contribution in [1.82, 2.24) is 20.2 Å². The normalized spacial score (nSPS) is 15.8. The van der Waals surface area contributed by atoms with Gasteiger partial charge in [0, 0.05) is 55.0 Å². The van der Waals surface area contributed by atoms with Gasteiger partial charge in [-0.3, -0.25) is 19.4 Å². The number of aromatic nitrogens is 2. The van der Waals surface area contributed by atoms with Crippen molar-refractivity contribution >= 4 is 41.4 Å². The minimum absolute atomic E-state index is 0.0500. The molecule has 10 nitrogen and oxygen atoms in total. The molecule has 1 aliphatic heterocycles. The number of hydrogen-bond acceptors (Lipinski definition) is 7. The van der Waals surface area contributed by atoms with Gasteiger partial charge in [0.05, 0.1) is 12.2 Å². The maximum absolute atomic E-state index is 13.1. The van der Waals surface area contributed by atoms with Gasteiger partial charge in [0.1, 0.15) is 17.5 Å². The summed E-state index contributed by atoms with van der Waals surface area (Å²) < 4.78 is 1.93. The number of amides is 2. The summed E-state index contributed by atoms with van der Waals surface area (Å²) >= 11 is 0. The summed E-state index contributed by atoms with van der Waals surface area (Å²) in [6.07, 6.45) is 9.24. The van der Waals surface area contributed by atoms with E-state index in [0.717, 1.165) is 23.3 Å². The molecule has 2 aromatic rings. The number of benzene rings is 1. The van der Waals surface area contributed by atoms with Gasteiger partial charge in [-0.05, 0) is 18.9 Å². The zero-order valence-corrected chi connectivity index (χ0v) is 21.8. The number of imidazole rings is 1. The van der Waals surface area contributed by atoms with Gasteiger partial charge in [0.25, 0.3) is 5.91 Å². The number of ketones is 1. The Hall–Kier alpha value is -4.47. The lowest BCUT2D eigenvalue weighted by molar-refractivity contribution is -0.125. The second kappa shape index (κ2) is 13.2. The first-order valence-electron chi connectivity index (χ1n) is 12.4. The number of hydrogen-bond donors (Lipinski definition) is 4. The molecule has 0 bridgehead atoms. The first kappa shape index (κ1) is 28.1. The number of nitrogens with zero attached hydrogens (tertiary/aromatic N) is 3. The largest absolute Gasteiger partial charge is 0.348 e. The lowest BCUT2D eigenvalue weighted by Gasteiger charge is -2.17. The van der Waals surface area contributed by atoms with Gasteiger partial charge in [0.15, 0.2) is 5.78 Å². The first-order valence-corrected chi connectivity index (χ1v) is 12.4. The molecule has 0 aliphatic carbocycles. The van der Waals surface area contributed by atoms with Gasteiger partial charge >= 0.3 is 0 Å². The van der Waals surface area contributed by atoms with Crippen LogP contribution in [0.5, 0.6) is 0 Å². The van der Waals surface area contributed by atoms with Crippen molar-refractivity contribution in [2.75, 3.05) is 13.6 Å². The van der Waals surface area contributed by atoms with Crippen molar-refractivity contribution in [3.8, 4) is 11.3 Å². The first-order chi connectivity index (χ1) is 18.3.